The highest BCUT2D eigenvalue weighted by atomic mass is 19.2. The average molecular weight is 287 g/mol. The van der Waals surface area contributed by atoms with Crippen molar-refractivity contribution in [1.82, 2.24) is 5.32 Å². The highest BCUT2D eigenvalue weighted by molar-refractivity contribution is 5.94. The number of hydrogen-bond acceptors (Lipinski definition) is 1. The molecule has 0 bridgehead atoms. The lowest BCUT2D eigenvalue weighted by atomic mass is 9.99. The Bertz CT molecular complexity index is 463. The number of halogens is 3. The Hall–Kier alpha value is -1.52. The first-order valence-electron chi connectivity index (χ1n) is 6.92. The van der Waals surface area contributed by atoms with E-state index in [2.05, 4.69) is 12.2 Å². The molecule has 0 fully saturated rings. The molecular formula is C15H20F3NO. The summed E-state index contributed by atoms with van der Waals surface area (Å²) in [7, 11) is 0. The molecule has 1 N–H and O–H groups in total. The largest absolute Gasteiger partial charge is 0.352 e. The van der Waals surface area contributed by atoms with Crippen molar-refractivity contribution >= 4 is 5.91 Å². The Labute approximate surface area is 117 Å². The van der Waals surface area contributed by atoms with Gasteiger partial charge in [-0.1, -0.05) is 33.1 Å². The average Bonchev–Trinajstić information content (AvgIpc) is 2.45. The summed E-state index contributed by atoms with van der Waals surface area (Å²) in [5.41, 5.74) is -0.464. The normalized spacial score (nSPS) is 12.2. The minimum absolute atomic E-state index is 0.312. The first-order valence-corrected chi connectivity index (χ1v) is 6.92. The first-order chi connectivity index (χ1) is 9.51. The Kier molecular flexibility index (Phi) is 6.55. The van der Waals surface area contributed by atoms with Crippen LogP contribution in [0.5, 0.6) is 0 Å². The minimum atomic E-state index is -1.62. The van der Waals surface area contributed by atoms with Gasteiger partial charge in [0.25, 0.3) is 5.91 Å². The Morgan fingerprint density at radius 3 is 2.50 bits per heavy atom. The van der Waals surface area contributed by atoms with Crippen LogP contribution in [-0.4, -0.2) is 12.5 Å². The summed E-state index contributed by atoms with van der Waals surface area (Å²) in [5, 5.41) is 2.58. The zero-order valence-corrected chi connectivity index (χ0v) is 11.8. The van der Waals surface area contributed by atoms with Gasteiger partial charge in [0.2, 0.25) is 0 Å². The third-order valence-electron chi connectivity index (χ3n) is 3.37. The molecule has 1 aromatic rings. The number of nitrogens with one attached hydrogen (secondary N) is 1. The molecule has 2 nitrogen and oxygen atoms in total. The van der Waals surface area contributed by atoms with Gasteiger partial charge >= 0.3 is 0 Å². The number of hydrogen-bond donors (Lipinski definition) is 1. The number of carbonyl (C=O) groups excluding carboxylic acids is 1. The fourth-order valence-corrected chi connectivity index (χ4v) is 1.98. The van der Waals surface area contributed by atoms with Crippen LogP contribution in [0.4, 0.5) is 13.2 Å². The molecule has 5 heteroatoms. The summed E-state index contributed by atoms with van der Waals surface area (Å²) >= 11 is 0. The van der Waals surface area contributed by atoms with Crippen LogP contribution in [0.25, 0.3) is 0 Å². The molecular weight excluding hydrogens is 267 g/mol. The van der Waals surface area contributed by atoms with Crippen molar-refractivity contribution in [3.8, 4) is 0 Å². The standard InChI is InChI=1S/C15H20F3NO/c1-3-5-6-10(4-2)9-19-15(20)11-7-8-12(16)14(18)13(11)17/h7-8,10H,3-6,9H2,1-2H3,(H,19,20). The van der Waals surface area contributed by atoms with E-state index in [1.807, 2.05) is 6.92 Å². The van der Waals surface area contributed by atoms with Crippen LogP contribution < -0.4 is 5.32 Å². The van der Waals surface area contributed by atoms with E-state index in [-0.39, 0.29) is 0 Å². The lowest BCUT2D eigenvalue weighted by Crippen LogP contribution is -2.30. The fourth-order valence-electron chi connectivity index (χ4n) is 1.98. The van der Waals surface area contributed by atoms with Crippen molar-refractivity contribution in [1.29, 1.82) is 0 Å². The van der Waals surface area contributed by atoms with E-state index < -0.39 is 28.9 Å². The number of rotatable bonds is 7. The predicted octanol–water partition coefficient (Wildman–Crippen LogP) is 4.05. The zero-order chi connectivity index (χ0) is 15.1. The van der Waals surface area contributed by atoms with Crippen molar-refractivity contribution in [2.45, 2.75) is 39.5 Å². The number of carbonyl (C=O) groups is 1. The highest BCUT2D eigenvalue weighted by Crippen LogP contribution is 2.16. The summed E-state index contributed by atoms with van der Waals surface area (Å²) in [5.74, 6) is -4.75. The van der Waals surface area contributed by atoms with Crippen molar-refractivity contribution < 1.29 is 18.0 Å². The molecule has 112 valence electrons. The second kappa shape index (κ2) is 7.92. The molecule has 0 radical (unpaired) electrons. The molecule has 1 rings (SSSR count). The Morgan fingerprint density at radius 1 is 1.20 bits per heavy atom. The summed E-state index contributed by atoms with van der Waals surface area (Å²) in [4.78, 5) is 11.8. The lowest BCUT2D eigenvalue weighted by Gasteiger charge is -2.15. The molecule has 1 aromatic carbocycles. The first kappa shape index (κ1) is 16.5. The van der Waals surface area contributed by atoms with Gasteiger partial charge in [-0.25, -0.2) is 13.2 Å². The van der Waals surface area contributed by atoms with Crippen LogP contribution >= 0.6 is 0 Å². The van der Waals surface area contributed by atoms with Crippen LogP contribution in [0.2, 0.25) is 0 Å². The maximum Gasteiger partial charge on any atom is 0.254 e. The molecule has 20 heavy (non-hydrogen) atoms. The van der Waals surface area contributed by atoms with Crippen LogP contribution in [0.3, 0.4) is 0 Å². The predicted molar refractivity (Wildman–Crippen MR) is 72.0 cm³/mol. The second-order valence-corrected chi connectivity index (χ2v) is 4.85. The quantitative estimate of drug-likeness (QED) is 0.753. The van der Waals surface area contributed by atoms with E-state index >= 15 is 0 Å². The second-order valence-electron chi connectivity index (χ2n) is 4.85. The SMILES string of the molecule is CCCCC(CC)CNC(=O)c1ccc(F)c(F)c1F. The molecule has 0 heterocycles. The van der Waals surface area contributed by atoms with Crippen molar-refractivity contribution in [2.24, 2.45) is 5.92 Å². The Balaban J connectivity index is 2.65. The molecule has 0 aromatic heterocycles. The van der Waals surface area contributed by atoms with E-state index in [0.717, 1.165) is 37.8 Å². The van der Waals surface area contributed by atoms with Gasteiger partial charge in [0.15, 0.2) is 17.5 Å². The number of benzene rings is 1. The van der Waals surface area contributed by atoms with Crippen molar-refractivity contribution in [3.05, 3.63) is 35.1 Å². The van der Waals surface area contributed by atoms with Gasteiger partial charge in [-0.15, -0.1) is 0 Å². The molecule has 1 amide bonds. The summed E-state index contributed by atoms with van der Waals surface area (Å²) < 4.78 is 39.3. The van der Waals surface area contributed by atoms with Gasteiger partial charge in [-0.3, -0.25) is 4.79 Å². The topological polar surface area (TPSA) is 29.1 Å². The van der Waals surface area contributed by atoms with E-state index in [9.17, 15) is 18.0 Å². The molecule has 1 unspecified atom stereocenters. The molecule has 0 aliphatic heterocycles. The monoisotopic (exact) mass is 287 g/mol. The van der Waals surface area contributed by atoms with Gasteiger partial charge in [-0.2, -0.15) is 0 Å². The maximum atomic E-state index is 13.4. The summed E-state index contributed by atoms with van der Waals surface area (Å²) in [6.45, 7) is 4.51. The third-order valence-corrected chi connectivity index (χ3v) is 3.37. The zero-order valence-electron chi connectivity index (χ0n) is 11.8. The molecule has 0 aliphatic carbocycles. The van der Waals surface area contributed by atoms with Crippen LogP contribution in [0, 0.1) is 23.4 Å². The van der Waals surface area contributed by atoms with Crippen molar-refractivity contribution in [2.75, 3.05) is 6.54 Å². The summed E-state index contributed by atoms with van der Waals surface area (Å²) in [6, 6.07) is 1.71. The van der Waals surface area contributed by atoms with E-state index in [0.29, 0.717) is 12.5 Å². The smallest absolute Gasteiger partial charge is 0.254 e. The van der Waals surface area contributed by atoms with Gasteiger partial charge < -0.3 is 5.32 Å². The molecule has 1 atom stereocenters. The minimum Gasteiger partial charge on any atom is -0.352 e. The van der Waals surface area contributed by atoms with Crippen molar-refractivity contribution in [3.63, 3.8) is 0 Å². The van der Waals surface area contributed by atoms with E-state index in [1.54, 1.807) is 0 Å². The van der Waals surface area contributed by atoms with Gasteiger partial charge in [0.05, 0.1) is 5.56 Å². The lowest BCUT2D eigenvalue weighted by molar-refractivity contribution is 0.0940. The van der Waals surface area contributed by atoms with Gasteiger partial charge in [-0.05, 0) is 24.5 Å². The fraction of sp³-hybridized carbons (Fsp3) is 0.533. The van der Waals surface area contributed by atoms with Crippen LogP contribution in [0.15, 0.2) is 12.1 Å². The van der Waals surface area contributed by atoms with Crippen LogP contribution in [-0.2, 0) is 0 Å². The molecule has 0 spiro atoms. The maximum absolute atomic E-state index is 13.4. The van der Waals surface area contributed by atoms with E-state index in [1.165, 1.54) is 0 Å². The molecule has 0 saturated carbocycles. The number of amides is 1. The third kappa shape index (κ3) is 4.25. The highest BCUT2D eigenvalue weighted by Gasteiger charge is 2.19. The Morgan fingerprint density at radius 2 is 1.90 bits per heavy atom. The van der Waals surface area contributed by atoms with Crippen LogP contribution in [0.1, 0.15) is 49.9 Å². The van der Waals surface area contributed by atoms with Gasteiger partial charge in [0, 0.05) is 6.54 Å². The molecule has 0 aliphatic rings. The van der Waals surface area contributed by atoms with E-state index in [4.69, 9.17) is 0 Å². The molecule has 0 saturated heterocycles. The number of unbranched alkanes of at least 4 members (excludes halogenated alkanes) is 1. The summed E-state index contributed by atoms with van der Waals surface area (Å²) in [6.07, 6.45) is 4.02. The van der Waals surface area contributed by atoms with Gasteiger partial charge in [0.1, 0.15) is 0 Å².